The average molecular weight is 290 g/mol. The summed E-state index contributed by atoms with van der Waals surface area (Å²) in [6.07, 6.45) is 0. The highest BCUT2D eigenvalue weighted by atomic mass is 16.4. The highest BCUT2D eigenvalue weighted by Crippen LogP contribution is 2.24. The number of carbonyl (C=O) groups is 2. The fraction of sp³-hybridized carbons (Fsp3) is 0.500. The van der Waals surface area contributed by atoms with E-state index >= 15 is 0 Å². The number of carboxylic acids is 1. The molecule has 21 heavy (non-hydrogen) atoms. The van der Waals surface area contributed by atoms with Crippen molar-refractivity contribution in [2.45, 2.75) is 32.9 Å². The molecule has 0 atom stereocenters. The second kappa shape index (κ2) is 5.85. The largest absolute Gasteiger partial charge is 0.478 e. The van der Waals surface area contributed by atoms with Gasteiger partial charge in [-0.05, 0) is 38.5 Å². The van der Waals surface area contributed by atoms with Crippen LogP contribution in [0, 0.1) is 0 Å². The first kappa shape index (κ1) is 15.5. The summed E-state index contributed by atoms with van der Waals surface area (Å²) >= 11 is 0. The van der Waals surface area contributed by atoms with Gasteiger partial charge in [-0.25, -0.2) is 4.79 Å². The highest BCUT2D eigenvalue weighted by molar-refractivity contribution is 5.88. The van der Waals surface area contributed by atoms with Crippen LogP contribution >= 0.6 is 0 Å². The lowest BCUT2D eigenvalue weighted by Gasteiger charge is -2.45. The Hall–Kier alpha value is -1.88. The van der Waals surface area contributed by atoms with Gasteiger partial charge in [0.25, 0.3) is 0 Å². The van der Waals surface area contributed by atoms with Gasteiger partial charge >= 0.3 is 5.97 Å². The SMILES string of the molecule is CCN1CCN(Cc2cccc(C(=O)O)c2)C(C)(C)C1=O. The minimum absolute atomic E-state index is 0.130. The molecule has 0 spiro atoms. The normalized spacial score (nSPS) is 18.8. The Morgan fingerprint density at radius 2 is 2.05 bits per heavy atom. The lowest BCUT2D eigenvalue weighted by Crippen LogP contribution is -2.62. The van der Waals surface area contributed by atoms with Gasteiger partial charge in [0.1, 0.15) is 0 Å². The van der Waals surface area contributed by atoms with Crippen molar-refractivity contribution in [3.8, 4) is 0 Å². The Bertz CT molecular complexity index is 554. The van der Waals surface area contributed by atoms with Crippen LogP contribution in [-0.2, 0) is 11.3 Å². The lowest BCUT2D eigenvalue weighted by molar-refractivity contribution is -0.149. The van der Waals surface area contributed by atoms with Gasteiger partial charge in [-0.2, -0.15) is 0 Å². The fourth-order valence-electron chi connectivity index (χ4n) is 2.75. The molecule has 114 valence electrons. The molecule has 1 heterocycles. The number of piperazine rings is 1. The first-order valence-corrected chi connectivity index (χ1v) is 7.23. The van der Waals surface area contributed by atoms with E-state index in [2.05, 4.69) is 4.90 Å². The predicted molar refractivity (Wildman–Crippen MR) is 80.1 cm³/mol. The van der Waals surface area contributed by atoms with Crippen LogP contribution in [0.25, 0.3) is 0 Å². The van der Waals surface area contributed by atoms with Crippen LogP contribution in [0.2, 0.25) is 0 Å². The van der Waals surface area contributed by atoms with Gasteiger partial charge in [-0.15, -0.1) is 0 Å². The maximum absolute atomic E-state index is 12.4. The number of amides is 1. The third-order valence-corrected chi connectivity index (χ3v) is 4.17. The molecule has 2 rings (SSSR count). The third kappa shape index (κ3) is 3.08. The number of carboxylic acid groups (broad SMARTS) is 1. The van der Waals surface area contributed by atoms with E-state index in [4.69, 9.17) is 5.11 Å². The van der Waals surface area contributed by atoms with Crippen LogP contribution in [0.4, 0.5) is 0 Å². The number of hydrogen-bond acceptors (Lipinski definition) is 3. The quantitative estimate of drug-likeness (QED) is 0.919. The summed E-state index contributed by atoms with van der Waals surface area (Å²) in [5.74, 6) is -0.798. The Balaban J connectivity index is 2.18. The molecule has 1 saturated heterocycles. The standard InChI is InChI=1S/C16H22N2O3/c1-4-17-8-9-18(16(2,3)15(17)21)11-12-6-5-7-13(10-12)14(19)20/h5-7,10H,4,8-9,11H2,1-3H3,(H,19,20). The molecule has 0 unspecified atom stereocenters. The van der Waals surface area contributed by atoms with E-state index in [0.717, 1.165) is 25.2 Å². The number of hydrogen-bond donors (Lipinski definition) is 1. The summed E-state index contributed by atoms with van der Waals surface area (Å²) in [6.45, 7) is 8.67. The molecule has 1 aliphatic heterocycles. The molecule has 0 saturated carbocycles. The molecule has 1 aromatic carbocycles. The van der Waals surface area contributed by atoms with E-state index in [-0.39, 0.29) is 11.5 Å². The summed E-state index contributed by atoms with van der Waals surface area (Å²) < 4.78 is 0. The van der Waals surface area contributed by atoms with Crippen molar-refractivity contribution in [3.05, 3.63) is 35.4 Å². The minimum Gasteiger partial charge on any atom is -0.478 e. The first-order valence-electron chi connectivity index (χ1n) is 7.23. The summed E-state index contributed by atoms with van der Waals surface area (Å²) in [7, 11) is 0. The third-order valence-electron chi connectivity index (χ3n) is 4.17. The molecule has 1 amide bonds. The van der Waals surface area contributed by atoms with Crippen molar-refractivity contribution < 1.29 is 14.7 Å². The predicted octanol–water partition coefficient (Wildman–Crippen LogP) is 1.83. The van der Waals surface area contributed by atoms with Crippen LogP contribution in [-0.4, -0.2) is 52.0 Å². The first-order chi connectivity index (χ1) is 9.86. The molecular weight excluding hydrogens is 268 g/mol. The van der Waals surface area contributed by atoms with Crippen molar-refractivity contribution in [1.29, 1.82) is 0 Å². The molecule has 0 aliphatic carbocycles. The van der Waals surface area contributed by atoms with Gasteiger partial charge in [0.05, 0.1) is 11.1 Å². The molecule has 0 bridgehead atoms. The summed E-state index contributed by atoms with van der Waals surface area (Å²) in [5, 5.41) is 9.05. The van der Waals surface area contributed by atoms with E-state index in [1.807, 2.05) is 31.7 Å². The van der Waals surface area contributed by atoms with Crippen LogP contribution in [0.5, 0.6) is 0 Å². The summed E-state index contributed by atoms with van der Waals surface area (Å²) in [6, 6.07) is 6.90. The number of benzene rings is 1. The van der Waals surface area contributed by atoms with Crippen LogP contribution in [0.15, 0.2) is 24.3 Å². The molecule has 0 aromatic heterocycles. The maximum atomic E-state index is 12.4. The van der Waals surface area contributed by atoms with Gasteiger partial charge in [-0.1, -0.05) is 12.1 Å². The topological polar surface area (TPSA) is 60.9 Å². The Labute approximate surface area is 125 Å². The Morgan fingerprint density at radius 1 is 1.33 bits per heavy atom. The molecule has 1 fully saturated rings. The van der Waals surface area contributed by atoms with Crippen LogP contribution in [0.3, 0.4) is 0 Å². The Morgan fingerprint density at radius 3 is 2.67 bits per heavy atom. The Kier molecular flexibility index (Phi) is 4.32. The molecule has 1 N–H and O–H groups in total. The second-order valence-electron chi connectivity index (χ2n) is 5.87. The zero-order valence-corrected chi connectivity index (χ0v) is 12.8. The number of rotatable bonds is 4. The minimum atomic E-state index is -0.928. The van der Waals surface area contributed by atoms with Gasteiger partial charge in [0, 0.05) is 26.2 Å². The molecule has 5 heteroatoms. The van der Waals surface area contributed by atoms with Crippen molar-refractivity contribution >= 4 is 11.9 Å². The molecule has 5 nitrogen and oxygen atoms in total. The molecule has 0 radical (unpaired) electrons. The van der Waals surface area contributed by atoms with Crippen LogP contribution in [0.1, 0.15) is 36.7 Å². The van der Waals surface area contributed by atoms with E-state index in [0.29, 0.717) is 6.54 Å². The molecule has 1 aliphatic rings. The van der Waals surface area contributed by atoms with Gasteiger partial charge in [0.15, 0.2) is 0 Å². The highest BCUT2D eigenvalue weighted by Gasteiger charge is 2.40. The van der Waals surface area contributed by atoms with Crippen molar-refractivity contribution in [3.63, 3.8) is 0 Å². The van der Waals surface area contributed by atoms with E-state index < -0.39 is 11.5 Å². The maximum Gasteiger partial charge on any atom is 0.335 e. The number of aromatic carboxylic acids is 1. The van der Waals surface area contributed by atoms with Gasteiger partial charge in [-0.3, -0.25) is 9.69 Å². The molecule has 1 aromatic rings. The van der Waals surface area contributed by atoms with Crippen molar-refractivity contribution in [2.24, 2.45) is 0 Å². The number of likely N-dealkylation sites (N-methyl/N-ethyl adjacent to an activating group) is 1. The summed E-state index contributed by atoms with van der Waals surface area (Å²) in [5.41, 5.74) is 0.637. The monoisotopic (exact) mass is 290 g/mol. The van der Waals surface area contributed by atoms with Gasteiger partial charge < -0.3 is 10.0 Å². The summed E-state index contributed by atoms with van der Waals surface area (Å²) in [4.78, 5) is 27.5. The van der Waals surface area contributed by atoms with E-state index in [1.165, 1.54) is 0 Å². The zero-order valence-electron chi connectivity index (χ0n) is 12.8. The van der Waals surface area contributed by atoms with Crippen LogP contribution < -0.4 is 0 Å². The van der Waals surface area contributed by atoms with Gasteiger partial charge in [0.2, 0.25) is 5.91 Å². The van der Waals surface area contributed by atoms with Crippen molar-refractivity contribution in [1.82, 2.24) is 9.80 Å². The van der Waals surface area contributed by atoms with E-state index in [9.17, 15) is 9.59 Å². The zero-order chi connectivity index (χ0) is 15.6. The van der Waals surface area contributed by atoms with Crippen molar-refractivity contribution in [2.75, 3.05) is 19.6 Å². The fourth-order valence-corrected chi connectivity index (χ4v) is 2.75. The average Bonchev–Trinajstić information content (AvgIpc) is 2.45. The smallest absolute Gasteiger partial charge is 0.335 e. The number of nitrogens with zero attached hydrogens (tertiary/aromatic N) is 2. The molecular formula is C16H22N2O3. The van der Waals surface area contributed by atoms with E-state index in [1.54, 1.807) is 18.2 Å². The second-order valence-corrected chi connectivity index (χ2v) is 5.87. The lowest BCUT2D eigenvalue weighted by atomic mass is 9.96. The number of carbonyl (C=O) groups excluding carboxylic acids is 1.